The molecule has 0 amide bonds. The van der Waals surface area contributed by atoms with Crippen LogP contribution in [0.25, 0.3) is 0 Å². The van der Waals surface area contributed by atoms with Gasteiger partial charge in [-0.05, 0) is 31.6 Å². The van der Waals surface area contributed by atoms with E-state index in [0.717, 1.165) is 32.6 Å². The molecule has 2 N–H and O–H groups in total. The maximum absolute atomic E-state index is 5.53. The first kappa shape index (κ1) is 11.9. The zero-order valence-electron chi connectivity index (χ0n) is 10.5. The molecule has 18 heavy (non-hydrogen) atoms. The molecule has 2 fully saturated rings. The van der Waals surface area contributed by atoms with Crippen molar-refractivity contribution in [3.63, 3.8) is 0 Å². The summed E-state index contributed by atoms with van der Waals surface area (Å²) in [5, 5.41) is 14.6. The molecule has 2 aliphatic rings. The summed E-state index contributed by atoms with van der Waals surface area (Å²) in [7, 11) is 0. The zero-order chi connectivity index (χ0) is 12.2. The van der Waals surface area contributed by atoms with Crippen LogP contribution >= 0.6 is 0 Å². The van der Waals surface area contributed by atoms with Crippen LogP contribution < -0.4 is 10.6 Å². The Morgan fingerprint density at radius 3 is 2.72 bits per heavy atom. The van der Waals surface area contributed by atoms with E-state index in [2.05, 4.69) is 20.8 Å². The predicted octanol–water partition coefficient (Wildman–Crippen LogP) is 1.16. The van der Waals surface area contributed by atoms with Gasteiger partial charge in [-0.2, -0.15) is 0 Å². The van der Waals surface area contributed by atoms with E-state index < -0.39 is 0 Å². The third-order valence-corrected chi connectivity index (χ3v) is 3.47. The Balaban J connectivity index is 1.41. The zero-order valence-corrected chi connectivity index (χ0v) is 10.5. The van der Waals surface area contributed by atoms with Crippen LogP contribution in [-0.2, 0) is 11.3 Å². The number of aromatic nitrogens is 2. The lowest BCUT2D eigenvalue weighted by atomic mass is 10.0. The van der Waals surface area contributed by atoms with Crippen LogP contribution in [-0.4, -0.2) is 36.0 Å². The monoisotopic (exact) mass is 252 g/mol. The summed E-state index contributed by atoms with van der Waals surface area (Å²) >= 11 is 0. The summed E-state index contributed by atoms with van der Waals surface area (Å²) in [5.74, 6) is 1.31. The second kappa shape index (κ2) is 5.67. The van der Waals surface area contributed by atoms with E-state index in [1.165, 1.54) is 12.8 Å². The molecule has 0 atom stereocenters. The van der Waals surface area contributed by atoms with Crippen molar-refractivity contribution in [3.8, 4) is 0 Å². The highest BCUT2D eigenvalue weighted by Gasteiger charge is 2.21. The van der Waals surface area contributed by atoms with Gasteiger partial charge < -0.3 is 19.8 Å². The molecule has 1 aromatic heterocycles. The molecule has 6 heteroatoms. The van der Waals surface area contributed by atoms with Crippen LogP contribution in [0.5, 0.6) is 0 Å². The van der Waals surface area contributed by atoms with Crippen molar-refractivity contribution in [3.05, 3.63) is 5.89 Å². The molecular formula is C12H20N4O2. The number of rotatable bonds is 6. The lowest BCUT2D eigenvalue weighted by Crippen LogP contribution is -2.22. The lowest BCUT2D eigenvalue weighted by Gasteiger charge is -2.21. The summed E-state index contributed by atoms with van der Waals surface area (Å²) in [6.45, 7) is 3.30. The average Bonchev–Trinajstić information content (AvgIpc) is 3.14. The SMILES string of the molecule is C1CC(CNc2nnc(CNC3CC3)o2)CCO1. The number of hydrogen-bond donors (Lipinski definition) is 2. The quantitative estimate of drug-likeness (QED) is 0.791. The van der Waals surface area contributed by atoms with E-state index in [1.807, 2.05) is 0 Å². The van der Waals surface area contributed by atoms with Gasteiger partial charge in [-0.25, -0.2) is 0 Å². The number of nitrogens with zero attached hydrogens (tertiary/aromatic N) is 2. The lowest BCUT2D eigenvalue weighted by molar-refractivity contribution is 0.0698. The first-order valence-corrected chi connectivity index (χ1v) is 6.77. The van der Waals surface area contributed by atoms with Crippen LogP contribution in [0.15, 0.2) is 4.42 Å². The Morgan fingerprint density at radius 1 is 1.11 bits per heavy atom. The molecule has 0 spiro atoms. The molecular weight excluding hydrogens is 232 g/mol. The van der Waals surface area contributed by atoms with E-state index in [9.17, 15) is 0 Å². The molecule has 1 aromatic rings. The van der Waals surface area contributed by atoms with Gasteiger partial charge in [0.25, 0.3) is 0 Å². The minimum absolute atomic E-state index is 0.536. The first-order chi connectivity index (χ1) is 8.90. The van der Waals surface area contributed by atoms with E-state index in [0.29, 0.717) is 30.4 Å². The average molecular weight is 252 g/mol. The Labute approximate surface area is 106 Å². The van der Waals surface area contributed by atoms with Crippen LogP contribution in [0.1, 0.15) is 31.6 Å². The summed E-state index contributed by atoms with van der Waals surface area (Å²) in [6.07, 6.45) is 4.75. The number of nitrogens with one attached hydrogen (secondary N) is 2. The fourth-order valence-electron chi connectivity index (χ4n) is 2.10. The molecule has 100 valence electrons. The second-order valence-electron chi connectivity index (χ2n) is 5.09. The van der Waals surface area contributed by atoms with Gasteiger partial charge in [-0.15, -0.1) is 5.10 Å². The van der Waals surface area contributed by atoms with Gasteiger partial charge in [-0.1, -0.05) is 5.10 Å². The molecule has 6 nitrogen and oxygen atoms in total. The summed E-state index contributed by atoms with van der Waals surface area (Å²) in [4.78, 5) is 0. The molecule has 0 unspecified atom stereocenters. The van der Waals surface area contributed by atoms with Crippen LogP contribution in [0.3, 0.4) is 0 Å². The molecule has 1 aliphatic heterocycles. The third-order valence-electron chi connectivity index (χ3n) is 3.47. The Bertz CT molecular complexity index is 372. The smallest absolute Gasteiger partial charge is 0.315 e. The van der Waals surface area contributed by atoms with Crippen LogP contribution in [0.2, 0.25) is 0 Å². The van der Waals surface area contributed by atoms with Crippen LogP contribution in [0, 0.1) is 5.92 Å². The van der Waals surface area contributed by atoms with Crippen molar-refractivity contribution < 1.29 is 9.15 Å². The first-order valence-electron chi connectivity index (χ1n) is 6.77. The second-order valence-corrected chi connectivity index (χ2v) is 5.09. The molecule has 1 saturated carbocycles. The maximum atomic E-state index is 5.53. The Kier molecular flexibility index (Phi) is 3.75. The Hall–Kier alpha value is -1.14. The van der Waals surface area contributed by atoms with E-state index in [-0.39, 0.29) is 0 Å². The van der Waals surface area contributed by atoms with Gasteiger partial charge >= 0.3 is 6.01 Å². The molecule has 0 radical (unpaired) electrons. The molecule has 0 aromatic carbocycles. The Morgan fingerprint density at radius 2 is 1.94 bits per heavy atom. The van der Waals surface area contributed by atoms with Gasteiger partial charge in [0.1, 0.15) is 0 Å². The topological polar surface area (TPSA) is 72.2 Å². The summed E-state index contributed by atoms with van der Waals surface area (Å²) in [5.41, 5.74) is 0. The van der Waals surface area contributed by atoms with Gasteiger partial charge in [0, 0.05) is 25.8 Å². The largest absolute Gasteiger partial charge is 0.407 e. The van der Waals surface area contributed by atoms with E-state index >= 15 is 0 Å². The van der Waals surface area contributed by atoms with Gasteiger partial charge in [0.2, 0.25) is 5.89 Å². The molecule has 1 saturated heterocycles. The molecule has 1 aliphatic carbocycles. The third kappa shape index (κ3) is 3.43. The van der Waals surface area contributed by atoms with Crippen molar-refractivity contribution in [2.24, 2.45) is 5.92 Å². The van der Waals surface area contributed by atoms with Crippen molar-refractivity contribution in [2.45, 2.75) is 38.3 Å². The highest BCUT2D eigenvalue weighted by atomic mass is 16.5. The van der Waals surface area contributed by atoms with E-state index in [1.54, 1.807) is 0 Å². The summed E-state index contributed by atoms with van der Waals surface area (Å²) in [6, 6.07) is 1.20. The molecule has 2 heterocycles. The van der Waals surface area contributed by atoms with Crippen LogP contribution in [0.4, 0.5) is 6.01 Å². The number of anilines is 1. The standard InChI is InChI=1S/C12H20N4O2/c1-2-10(1)13-8-11-15-16-12(18-11)14-7-9-3-5-17-6-4-9/h9-10,13H,1-8H2,(H,14,16). The number of hydrogen-bond acceptors (Lipinski definition) is 6. The van der Waals surface area contributed by atoms with E-state index in [4.69, 9.17) is 9.15 Å². The summed E-state index contributed by atoms with van der Waals surface area (Å²) < 4.78 is 10.9. The van der Waals surface area contributed by atoms with Gasteiger partial charge in [0.15, 0.2) is 0 Å². The van der Waals surface area contributed by atoms with Gasteiger partial charge in [-0.3, -0.25) is 0 Å². The maximum Gasteiger partial charge on any atom is 0.315 e. The van der Waals surface area contributed by atoms with Crippen molar-refractivity contribution >= 4 is 6.01 Å². The molecule has 0 bridgehead atoms. The van der Waals surface area contributed by atoms with Crippen molar-refractivity contribution in [1.29, 1.82) is 0 Å². The number of ether oxygens (including phenoxy) is 1. The molecule has 3 rings (SSSR count). The fraction of sp³-hybridized carbons (Fsp3) is 0.833. The fourth-order valence-corrected chi connectivity index (χ4v) is 2.10. The van der Waals surface area contributed by atoms with Crippen molar-refractivity contribution in [2.75, 3.05) is 25.1 Å². The minimum Gasteiger partial charge on any atom is -0.407 e. The normalized spacial score (nSPS) is 21.1. The highest BCUT2D eigenvalue weighted by molar-refractivity contribution is 5.16. The minimum atomic E-state index is 0.536. The predicted molar refractivity (Wildman–Crippen MR) is 66.2 cm³/mol. The van der Waals surface area contributed by atoms with Gasteiger partial charge in [0.05, 0.1) is 6.54 Å². The highest BCUT2D eigenvalue weighted by Crippen LogP contribution is 2.19. The van der Waals surface area contributed by atoms with Crippen molar-refractivity contribution in [1.82, 2.24) is 15.5 Å².